The lowest BCUT2D eigenvalue weighted by Gasteiger charge is -2.22. The average Bonchev–Trinajstić information content (AvgIpc) is 2.64. The second-order valence-corrected chi connectivity index (χ2v) is 7.37. The van der Waals surface area contributed by atoms with Crippen molar-refractivity contribution in [2.45, 2.75) is 38.1 Å². The van der Waals surface area contributed by atoms with Gasteiger partial charge >= 0.3 is 6.03 Å². The lowest BCUT2D eigenvalue weighted by molar-refractivity contribution is -0.121. The molecule has 0 spiro atoms. The van der Waals surface area contributed by atoms with Crippen LogP contribution in [-0.4, -0.2) is 30.7 Å². The molecule has 0 aliphatic carbocycles. The first kappa shape index (κ1) is 15.5. The van der Waals surface area contributed by atoms with Crippen LogP contribution in [0.25, 0.3) is 0 Å². The van der Waals surface area contributed by atoms with Crippen molar-refractivity contribution in [3.8, 4) is 0 Å². The number of sulfonamides is 1. The third-order valence-corrected chi connectivity index (χ3v) is 5.09. The molecule has 1 atom stereocenters. The number of nitrogens with one attached hydrogen (secondary N) is 1. The van der Waals surface area contributed by atoms with Gasteiger partial charge in [-0.15, -0.1) is 0 Å². The molecule has 1 N–H and O–H groups in total. The van der Waals surface area contributed by atoms with Gasteiger partial charge < -0.3 is 0 Å². The summed E-state index contributed by atoms with van der Waals surface area (Å²) in [5.41, 5.74) is 0.912. The highest BCUT2D eigenvalue weighted by Gasteiger charge is 2.46. The van der Waals surface area contributed by atoms with Gasteiger partial charge in [0.25, 0.3) is 15.9 Å². The molecule has 21 heavy (non-hydrogen) atoms. The van der Waals surface area contributed by atoms with Crippen LogP contribution >= 0.6 is 0 Å². The van der Waals surface area contributed by atoms with Crippen molar-refractivity contribution in [2.75, 3.05) is 0 Å². The number of urea groups is 1. The predicted octanol–water partition coefficient (Wildman–Crippen LogP) is 1.65. The summed E-state index contributed by atoms with van der Waals surface area (Å²) in [4.78, 5) is 23.7. The van der Waals surface area contributed by atoms with Crippen LogP contribution in [0.4, 0.5) is 4.79 Å². The van der Waals surface area contributed by atoms with Gasteiger partial charge in [0, 0.05) is 0 Å². The van der Waals surface area contributed by atoms with E-state index in [4.69, 9.17) is 0 Å². The Hall–Kier alpha value is -1.89. The number of hydrogen-bond acceptors (Lipinski definition) is 4. The number of aryl methyl sites for hydroxylation is 1. The van der Waals surface area contributed by atoms with E-state index in [0.717, 1.165) is 5.56 Å². The van der Waals surface area contributed by atoms with Gasteiger partial charge in [-0.25, -0.2) is 17.5 Å². The number of imide groups is 1. The summed E-state index contributed by atoms with van der Waals surface area (Å²) in [5.74, 6) is -0.480. The fourth-order valence-electron chi connectivity index (χ4n) is 2.24. The van der Waals surface area contributed by atoms with E-state index in [2.05, 4.69) is 5.32 Å². The Morgan fingerprint density at radius 3 is 2.29 bits per heavy atom. The maximum absolute atomic E-state index is 12.6. The molecular formula is C14H18N2O4S. The molecule has 7 heteroatoms. The van der Waals surface area contributed by atoms with Crippen molar-refractivity contribution < 1.29 is 18.0 Å². The van der Waals surface area contributed by atoms with Crippen LogP contribution in [0, 0.1) is 12.8 Å². The Morgan fingerprint density at radius 1 is 1.19 bits per heavy atom. The molecule has 1 aromatic carbocycles. The molecule has 1 saturated heterocycles. The van der Waals surface area contributed by atoms with Crippen molar-refractivity contribution in [1.82, 2.24) is 9.62 Å². The highest BCUT2D eigenvalue weighted by atomic mass is 32.2. The molecule has 6 nitrogen and oxygen atoms in total. The van der Waals surface area contributed by atoms with Crippen LogP contribution in [0.1, 0.15) is 25.8 Å². The summed E-state index contributed by atoms with van der Waals surface area (Å²) in [6.07, 6.45) is 0.294. The van der Waals surface area contributed by atoms with Gasteiger partial charge in [-0.3, -0.25) is 10.1 Å². The van der Waals surface area contributed by atoms with Gasteiger partial charge in [0.2, 0.25) is 0 Å². The van der Waals surface area contributed by atoms with Crippen molar-refractivity contribution >= 4 is 22.0 Å². The molecule has 1 heterocycles. The quantitative estimate of drug-likeness (QED) is 0.857. The van der Waals surface area contributed by atoms with E-state index < -0.39 is 28.0 Å². The molecule has 1 aromatic rings. The zero-order valence-corrected chi connectivity index (χ0v) is 13.0. The topological polar surface area (TPSA) is 83.6 Å². The summed E-state index contributed by atoms with van der Waals surface area (Å²) >= 11 is 0. The van der Waals surface area contributed by atoms with Gasteiger partial charge in [0.1, 0.15) is 6.04 Å². The zero-order valence-electron chi connectivity index (χ0n) is 12.2. The zero-order chi connectivity index (χ0) is 15.8. The van der Waals surface area contributed by atoms with E-state index in [1.54, 1.807) is 12.1 Å². The van der Waals surface area contributed by atoms with Crippen molar-refractivity contribution in [1.29, 1.82) is 0 Å². The molecule has 1 aliphatic heterocycles. The number of nitrogens with zero attached hydrogens (tertiary/aromatic N) is 1. The van der Waals surface area contributed by atoms with Crippen LogP contribution in [0.2, 0.25) is 0 Å². The van der Waals surface area contributed by atoms with Crippen LogP contribution in [0.5, 0.6) is 0 Å². The number of hydrogen-bond donors (Lipinski definition) is 1. The van der Waals surface area contributed by atoms with Crippen LogP contribution in [0.15, 0.2) is 29.2 Å². The number of rotatable bonds is 4. The fraction of sp³-hybridized carbons (Fsp3) is 0.429. The van der Waals surface area contributed by atoms with E-state index in [0.29, 0.717) is 10.7 Å². The third-order valence-electron chi connectivity index (χ3n) is 3.29. The van der Waals surface area contributed by atoms with Crippen molar-refractivity contribution in [2.24, 2.45) is 5.92 Å². The summed E-state index contributed by atoms with van der Waals surface area (Å²) in [6, 6.07) is 4.32. The minimum atomic E-state index is -4.03. The van der Waals surface area contributed by atoms with Crippen molar-refractivity contribution in [3.05, 3.63) is 29.8 Å². The molecule has 1 fully saturated rings. The minimum Gasteiger partial charge on any atom is -0.275 e. The molecule has 0 aromatic heterocycles. The molecule has 3 amide bonds. The Bertz CT molecular complexity index is 665. The van der Waals surface area contributed by atoms with E-state index in [9.17, 15) is 18.0 Å². The third kappa shape index (κ3) is 2.92. The number of benzene rings is 1. The summed E-state index contributed by atoms with van der Waals surface area (Å²) in [7, 11) is -4.03. The first-order chi connectivity index (χ1) is 9.73. The van der Waals surface area contributed by atoms with E-state index >= 15 is 0 Å². The highest BCUT2D eigenvalue weighted by Crippen LogP contribution is 2.25. The summed E-state index contributed by atoms with van der Waals surface area (Å²) in [5, 5.41) is 2.08. The maximum atomic E-state index is 12.6. The molecule has 0 unspecified atom stereocenters. The molecule has 0 radical (unpaired) electrons. The Morgan fingerprint density at radius 2 is 1.76 bits per heavy atom. The first-order valence-electron chi connectivity index (χ1n) is 6.69. The molecular weight excluding hydrogens is 292 g/mol. The van der Waals surface area contributed by atoms with Crippen LogP contribution in [-0.2, 0) is 14.8 Å². The second kappa shape index (κ2) is 5.48. The average molecular weight is 310 g/mol. The monoisotopic (exact) mass is 310 g/mol. The summed E-state index contributed by atoms with van der Waals surface area (Å²) < 4.78 is 25.9. The highest BCUT2D eigenvalue weighted by molar-refractivity contribution is 7.89. The van der Waals surface area contributed by atoms with Gasteiger partial charge in [-0.1, -0.05) is 31.5 Å². The van der Waals surface area contributed by atoms with Gasteiger partial charge in [0.15, 0.2) is 0 Å². The van der Waals surface area contributed by atoms with E-state index in [1.165, 1.54) is 12.1 Å². The lowest BCUT2D eigenvalue weighted by Crippen LogP contribution is -2.40. The van der Waals surface area contributed by atoms with Gasteiger partial charge in [-0.05, 0) is 31.4 Å². The van der Waals surface area contributed by atoms with E-state index in [-0.39, 0.29) is 10.8 Å². The predicted molar refractivity (Wildman–Crippen MR) is 77.0 cm³/mol. The largest absolute Gasteiger partial charge is 0.338 e. The van der Waals surface area contributed by atoms with Gasteiger partial charge in [0.05, 0.1) is 4.90 Å². The van der Waals surface area contributed by atoms with Crippen LogP contribution in [0.3, 0.4) is 0 Å². The Labute approximate surface area is 124 Å². The minimum absolute atomic E-state index is 0.00621. The van der Waals surface area contributed by atoms with Crippen molar-refractivity contribution in [3.63, 3.8) is 0 Å². The van der Waals surface area contributed by atoms with Gasteiger partial charge in [-0.2, -0.15) is 0 Å². The molecule has 0 saturated carbocycles. The smallest absolute Gasteiger partial charge is 0.275 e. The second-order valence-electron chi connectivity index (χ2n) is 5.55. The lowest BCUT2D eigenvalue weighted by atomic mass is 10.0. The molecule has 2 rings (SSSR count). The molecule has 114 valence electrons. The van der Waals surface area contributed by atoms with Crippen LogP contribution < -0.4 is 5.32 Å². The molecule has 1 aliphatic rings. The van der Waals surface area contributed by atoms with E-state index in [1.807, 2.05) is 20.8 Å². The Balaban J connectivity index is 2.43. The number of carbonyl (C=O) groups is 2. The number of amides is 3. The normalized spacial score (nSPS) is 19.2. The standard InChI is InChI=1S/C14H18N2O4S/c1-9(2)8-12-13(17)15-14(18)16(12)21(19,20)11-6-4-10(3)5-7-11/h4-7,9,12H,8H2,1-3H3,(H,15,17,18)/t12-/m0/s1. The Kier molecular flexibility index (Phi) is 4.04. The first-order valence-corrected chi connectivity index (χ1v) is 8.13. The maximum Gasteiger partial charge on any atom is 0.338 e. The molecule has 0 bridgehead atoms. The summed E-state index contributed by atoms with van der Waals surface area (Å²) in [6.45, 7) is 5.57. The SMILES string of the molecule is Cc1ccc(S(=O)(=O)N2C(=O)NC(=O)[C@@H]2CC(C)C)cc1. The number of carbonyl (C=O) groups excluding carboxylic acids is 2. The fourth-order valence-corrected chi connectivity index (χ4v) is 3.73.